The van der Waals surface area contributed by atoms with Gasteiger partial charge in [-0.3, -0.25) is 9.59 Å². The summed E-state index contributed by atoms with van der Waals surface area (Å²) in [6.07, 6.45) is -2.00. The van der Waals surface area contributed by atoms with Crippen LogP contribution in [0.5, 0.6) is 0 Å². The average Bonchev–Trinajstić information content (AvgIpc) is 2.61. The van der Waals surface area contributed by atoms with Crippen molar-refractivity contribution in [2.45, 2.75) is 20.0 Å². The lowest BCUT2D eigenvalue weighted by Crippen LogP contribution is -2.23. The van der Waals surface area contributed by atoms with Gasteiger partial charge in [-0.1, -0.05) is 18.2 Å². The van der Waals surface area contributed by atoms with Crippen LogP contribution in [0.4, 0.5) is 18.9 Å². The molecule has 0 aromatic heterocycles. The Kier molecular flexibility index (Phi) is 6.39. The molecule has 0 saturated carbocycles. The summed E-state index contributed by atoms with van der Waals surface area (Å²) in [5.41, 5.74) is 1.09. The molecular formula is C20H19F3N2O2. The van der Waals surface area contributed by atoms with Crippen molar-refractivity contribution in [1.82, 2.24) is 5.32 Å². The summed E-state index contributed by atoms with van der Waals surface area (Å²) in [6, 6.07) is 9.58. The molecular weight excluding hydrogens is 357 g/mol. The van der Waals surface area contributed by atoms with Crippen molar-refractivity contribution in [3.05, 3.63) is 70.8 Å². The van der Waals surface area contributed by atoms with Crippen LogP contribution in [0.15, 0.2) is 48.5 Å². The number of halogens is 3. The van der Waals surface area contributed by atoms with Gasteiger partial charge in [0, 0.05) is 23.9 Å². The first kappa shape index (κ1) is 20.2. The van der Waals surface area contributed by atoms with Crippen molar-refractivity contribution in [2.24, 2.45) is 0 Å². The van der Waals surface area contributed by atoms with E-state index < -0.39 is 17.6 Å². The fourth-order valence-corrected chi connectivity index (χ4v) is 2.33. The second-order valence-electron chi connectivity index (χ2n) is 5.83. The van der Waals surface area contributed by atoms with Gasteiger partial charge in [-0.05, 0) is 55.3 Å². The number of alkyl halides is 3. The van der Waals surface area contributed by atoms with Crippen LogP contribution in [0.1, 0.15) is 34.0 Å². The third kappa shape index (κ3) is 5.70. The van der Waals surface area contributed by atoms with E-state index in [0.29, 0.717) is 17.8 Å². The van der Waals surface area contributed by atoms with E-state index in [9.17, 15) is 22.8 Å². The zero-order chi connectivity index (χ0) is 20.0. The van der Waals surface area contributed by atoms with Crippen LogP contribution in [0.2, 0.25) is 0 Å². The molecule has 0 atom stereocenters. The number of benzene rings is 2. The number of nitrogens with one attached hydrogen (secondary N) is 2. The molecule has 142 valence electrons. The molecule has 27 heavy (non-hydrogen) atoms. The SMILES string of the molecule is CCNC(=O)c1ccc(C)c(NC(=O)/C=C/c2cccc(C(F)(F)F)c2)c1. The highest BCUT2D eigenvalue weighted by Gasteiger charge is 2.30. The monoisotopic (exact) mass is 376 g/mol. The molecule has 0 aliphatic carbocycles. The predicted octanol–water partition coefficient (Wildman–Crippen LogP) is 4.42. The lowest BCUT2D eigenvalue weighted by Gasteiger charge is -2.09. The van der Waals surface area contributed by atoms with Crippen LogP contribution in [-0.4, -0.2) is 18.4 Å². The van der Waals surface area contributed by atoms with E-state index in [4.69, 9.17) is 0 Å². The van der Waals surface area contributed by atoms with Crippen molar-refractivity contribution in [1.29, 1.82) is 0 Å². The standard InChI is InChI=1S/C20H19F3N2O2/c1-3-24-19(27)15-9-7-13(2)17(12-15)25-18(26)10-8-14-5-4-6-16(11-14)20(21,22)23/h4-12H,3H2,1-2H3,(H,24,27)(H,25,26)/b10-8+. The first-order valence-electron chi connectivity index (χ1n) is 8.26. The highest BCUT2D eigenvalue weighted by Crippen LogP contribution is 2.29. The fourth-order valence-electron chi connectivity index (χ4n) is 2.33. The predicted molar refractivity (Wildman–Crippen MR) is 98.3 cm³/mol. The van der Waals surface area contributed by atoms with Crippen LogP contribution in [0.3, 0.4) is 0 Å². The van der Waals surface area contributed by atoms with E-state index in [1.807, 2.05) is 0 Å². The number of amides is 2. The molecule has 0 heterocycles. The minimum atomic E-state index is -4.44. The van der Waals surface area contributed by atoms with E-state index in [1.54, 1.807) is 32.0 Å². The van der Waals surface area contributed by atoms with Crippen LogP contribution in [0.25, 0.3) is 6.08 Å². The Morgan fingerprint density at radius 3 is 2.52 bits per heavy atom. The molecule has 2 amide bonds. The molecule has 0 radical (unpaired) electrons. The van der Waals surface area contributed by atoms with Crippen LogP contribution in [0, 0.1) is 6.92 Å². The van der Waals surface area contributed by atoms with Gasteiger partial charge in [0.05, 0.1) is 5.56 Å². The quantitative estimate of drug-likeness (QED) is 0.759. The maximum absolute atomic E-state index is 12.7. The second-order valence-corrected chi connectivity index (χ2v) is 5.83. The van der Waals surface area contributed by atoms with E-state index in [-0.39, 0.29) is 11.5 Å². The Hall–Kier alpha value is -3.09. The number of hydrogen-bond donors (Lipinski definition) is 2. The van der Waals surface area contributed by atoms with Crippen molar-refractivity contribution in [2.75, 3.05) is 11.9 Å². The third-order valence-corrected chi connectivity index (χ3v) is 3.74. The maximum Gasteiger partial charge on any atom is 0.416 e. The Morgan fingerprint density at radius 1 is 1.11 bits per heavy atom. The summed E-state index contributed by atoms with van der Waals surface area (Å²) >= 11 is 0. The van der Waals surface area contributed by atoms with Gasteiger partial charge in [0.15, 0.2) is 0 Å². The fraction of sp³-hybridized carbons (Fsp3) is 0.200. The number of anilines is 1. The van der Waals surface area contributed by atoms with Gasteiger partial charge >= 0.3 is 6.18 Å². The molecule has 2 aromatic carbocycles. The number of hydrogen-bond acceptors (Lipinski definition) is 2. The molecule has 0 unspecified atom stereocenters. The Morgan fingerprint density at radius 2 is 1.85 bits per heavy atom. The number of carbonyl (C=O) groups excluding carboxylic acids is 2. The van der Waals surface area contributed by atoms with E-state index >= 15 is 0 Å². The second kappa shape index (κ2) is 8.53. The van der Waals surface area contributed by atoms with Gasteiger partial charge in [0.2, 0.25) is 5.91 Å². The van der Waals surface area contributed by atoms with Gasteiger partial charge in [-0.25, -0.2) is 0 Å². The first-order valence-corrected chi connectivity index (χ1v) is 8.26. The molecule has 0 fully saturated rings. The molecule has 0 aliphatic rings. The summed E-state index contributed by atoms with van der Waals surface area (Å²) in [4.78, 5) is 24.0. The molecule has 7 heteroatoms. The topological polar surface area (TPSA) is 58.2 Å². The van der Waals surface area contributed by atoms with E-state index in [0.717, 1.165) is 23.8 Å². The summed E-state index contributed by atoms with van der Waals surface area (Å²) in [5.74, 6) is -0.768. The molecule has 4 nitrogen and oxygen atoms in total. The molecule has 0 spiro atoms. The van der Waals surface area contributed by atoms with Gasteiger partial charge in [-0.15, -0.1) is 0 Å². The number of aryl methyl sites for hydroxylation is 1. The Bertz CT molecular complexity index is 874. The maximum atomic E-state index is 12.7. The number of rotatable bonds is 5. The minimum absolute atomic E-state index is 0.257. The van der Waals surface area contributed by atoms with Crippen molar-refractivity contribution >= 4 is 23.6 Å². The summed E-state index contributed by atoms with van der Waals surface area (Å²) in [5, 5.41) is 5.30. The third-order valence-electron chi connectivity index (χ3n) is 3.74. The number of carbonyl (C=O) groups is 2. The van der Waals surface area contributed by atoms with Gasteiger partial charge in [-0.2, -0.15) is 13.2 Å². The molecule has 2 N–H and O–H groups in total. The van der Waals surface area contributed by atoms with E-state index in [1.165, 1.54) is 18.2 Å². The van der Waals surface area contributed by atoms with E-state index in [2.05, 4.69) is 10.6 Å². The zero-order valence-electron chi connectivity index (χ0n) is 14.9. The molecule has 0 saturated heterocycles. The minimum Gasteiger partial charge on any atom is -0.352 e. The van der Waals surface area contributed by atoms with Crippen LogP contribution < -0.4 is 10.6 Å². The summed E-state index contributed by atoms with van der Waals surface area (Å²) < 4.78 is 38.2. The van der Waals surface area contributed by atoms with Crippen molar-refractivity contribution in [3.8, 4) is 0 Å². The largest absolute Gasteiger partial charge is 0.416 e. The van der Waals surface area contributed by atoms with Crippen molar-refractivity contribution in [3.63, 3.8) is 0 Å². The Balaban J connectivity index is 2.13. The van der Waals surface area contributed by atoms with Gasteiger partial charge < -0.3 is 10.6 Å². The smallest absolute Gasteiger partial charge is 0.352 e. The Labute approximate surface area is 155 Å². The zero-order valence-corrected chi connectivity index (χ0v) is 14.9. The first-order chi connectivity index (χ1) is 12.7. The lowest BCUT2D eigenvalue weighted by molar-refractivity contribution is -0.137. The normalized spacial score (nSPS) is 11.4. The highest BCUT2D eigenvalue weighted by atomic mass is 19.4. The lowest BCUT2D eigenvalue weighted by atomic mass is 10.1. The molecule has 0 bridgehead atoms. The average molecular weight is 376 g/mol. The highest BCUT2D eigenvalue weighted by molar-refractivity contribution is 6.03. The molecule has 2 rings (SSSR count). The van der Waals surface area contributed by atoms with Crippen molar-refractivity contribution < 1.29 is 22.8 Å². The van der Waals surface area contributed by atoms with Gasteiger partial charge in [0.1, 0.15) is 0 Å². The summed E-state index contributed by atoms with van der Waals surface area (Å²) in [6.45, 7) is 4.05. The molecule has 0 aliphatic heterocycles. The van der Waals surface area contributed by atoms with Crippen LogP contribution in [-0.2, 0) is 11.0 Å². The van der Waals surface area contributed by atoms with Gasteiger partial charge in [0.25, 0.3) is 5.91 Å². The summed E-state index contributed by atoms with van der Waals surface area (Å²) in [7, 11) is 0. The molecule has 2 aromatic rings. The van der Waals surface area contributed by atoms with Crippen LogP contribution >= 0.6 is 0 Å².